The minimum atomic E-state index is 0.669. The van der Waals surface area contributed by atoms with Gasteiger partial charge in [0.1, 0.15) is 0 Å². The molecule has 4 heteroatoms. The molecule has 0 spiro atoms. The van der Waals surface area contributed by atoms with Crippen molar-refractivity contribution in [2.75, 3.05) is 0 Å². The summed E-state index contributed by atoms with van der Waals surface area (Å²) in [5.74, 6) is 0.669. The summed E-state index contributed by atoms with van der Waals surface area (Å²) >= 11 is 0. The number of rotatable bonds is 6. The van der Waals surface area contributed by atoms with Crippen LogP contribution in [-0.2, 0) is 0 Å². The van der Waals surface area contributed by atoms with Crippen molar-refractivity contribution in [2.24, 2.45) is 0 Å². The molecule has 0 aliphatic heterocycles. The molecule has 0 aliphatic carbocycles. The van der Waals surface area contributed by atoms with Crippen LogP contribution in [0.3, 0.4) is 0 Å². The van der Waals surface area contributed by atoms with Gasteiger partial charge in [0.25, 0.3) is 0 Å². The molecule has 12 rings (SSSR count). The monoisotopic (exact) mass is 788 g/mol. The summed E-state index contributed by atoms with van der Waals surface area (Å²) in [4.78, 5) is 20.3. The number of fused-ring (bicyclic) bond motifs is 5. The fourth-order valence-corrected chi connectivity index (χ4v) is 9.18. The normalized spacial score (nSPS) is 11.5. The number of pyridine rings is 2. The number of hydrogen-bond acceptors (Lipinski definition) is 4. The SMILES string of the molecule is c1ccc2c(-c3cc(-c4cccc5ccccc45)c4nc(-c5ccc(-c6ccnc7ccccc67)cc5)nc(-c5ccc(-c6ccnc7ccccc67)cc5)c4c3)cccc2c1. The molecule has 0 atom stereocenters. The van der Waals surface area contributed by atoms with E-state index in [4.69, 9.17) is 9.97 Å². The van der Waals surface area contributed by atoms with Crippen molar-refractivity contribution in [1.29, 1.82) is 0 Å². The predicted molar refractivity (Wildman–Crippen MR) is 258 cm³/mol. The molecule has 0 bridgehead atoms. The molecule has 12 aromatic rings. The molecule has 9 aromatic carbocycles. The fourth-order valence-electron chi connectivity index (χ4n) is 9.18. The van der Waals surface area contributed by atoms with Crippen LogP contribution < -0.4 is 0 Å². The van der Waals surface area contributed by atoms with Crippen LogP contribution in [-0.4, -0.2) is 19.9 Å². The van der Waals surface area contributed by atoms with Gasteiger partial charge in [-0.3, -0.25) is 9.97 Å². The summed E-state index contributed by atoms with van der Waals surface area (Å²) in [5, 5.41) is 8.00. The van der Waals surface area contributed by atoms with Crippen LogP contribution >= 0.6 is 0 Å². The van der Waals surface area contributed by atoms with Crippen molar-refractivity contribution in [2.45, 2.75) is 0 Å². The molecule has 3 aromatic heterocycles. The van der Waals surface area contributed by atoms with E-state index in [0.717, 1.165) is 88.5 Å². The van der Waals surface area contributed by atoms with E-state index in [0.29, 0.717) is 5.82 Å². The highest BCUT2D eigenvalue weighted by Crippen LogP contribution is 2.42. The largest absolute Gasteiger partial charge is 0.256 e. The topological polar surface area (TPSA) is 51.6 Å². The minimum absolute atomic E-state index is 0.669. The second-order valence-electron chi connectivity index (χ2n) is 15.8. The smallest absolute Gasteiger partial charge is 0.160 e. The van der Waals surface area contributed by atoms with Gasteiger partial charge in [-0.15, -0.1) is 0 Å². The van der Waals surface area contributed by atoms with E-state index >= 15 is 0 Å². The van der Waals surface area contributed by atoms with Crippen LogP contribution in [0.4, 0.5) is 0 Å². The molecule has 0 radical (unpaired) electrons. The maximum absolute atomic E-state index is 5.54. The van der Waals surface area contributed by atoms with Gasteiger partial charge >= 0.3 is 0 Å². The first-order chi connectivity index (χ1) is 30.7. The molecule has 0 fully saturated rings. The number of hydrogen-bond donors (Lipinski definition) is 0. The summed E-state index contributed by atoms with van der Waals surface area (Å²) in [5.41, 5.74) is 14.7. The molecule has 0 aliphatic rings. The lowest BCUT2D eigenvalue weighted by Crippen LogP contribution is -1.98. The van der Waals surface area contributed by atoms with Crippen LogP contribution in [0.5, 0.6) is 0 Å². The zero-order valence-electron chi connectivity index (χ0n) is 33.6. The van der Waals surface area contributed by atoms with Crippen molar-refractivity contribution in [3.05, 3.63) is 219 Å². The third kappa shape index (κ3) is 6.08. The second-order valence-corrected chi connectivity index (χ2v) is 15.8. The minimum Gasteiger partial charge on any atom is -0.256 e. The van der Waals surface area contributed by atoms with E-state index in [1.807, 2.05) is 24.5 Å². The van der Waals surface area contributed by atoms with Crippen LogP contribution in [0.2, 0.25) is 0 Å². The molecule has 3 heterocycles. The van der Waals surface area contributed by atoms with Gasteiger partial charge < -0.3 is 0 Å². The van der Waals surface area contributed by atoms with E-state index in [2.05, 4.69) is 204 Å². The molecule has 62 heavy (non-hydrogen) atoms. The van der Waals surface area contributed by atoms with Crippen LogP contribution in [0.1, 0.15) is 0 Å². The average molecular weight is 789 g/mol. The number of nitrogens with zero attached hydrogens (tertiary/aromatic N) is 4. The molecule has 0 saturated carbocycles. The van der Waals surface area contributed by atoms with Crippen LogP contribution in [0.25, 0.3) is 121 Å². The third-order valence-corrected chi connectivity index (χ3v) is 12.2. The molecule has 0 amide bonds. The maximum atomic E-state index is 5.54. The van der Waals surface area contributed by atoms with E-state index in [-0.39, 0.29) is 0 Å². The zero-order chi connectivity index (χ0) is 41.0. The van der Waals surface area contributed by atoms with Crippen LogP contribution in [0, 0.1) is 0 Å². The molecule has 0 saturated heterocycles. The van der Waals surface area contributed by atoms with Gasteiger partial charge in [-0.2, -0.15) is 0 Å². The molecule has 4 nitrogen and oxygen atoms in total. The number of para-hydroxylation sites is 2. The highest BCUT2D eigenvalue weighted by atomic mass is 14.9. The lowest BCUT2D eigenvalue weighted by Gasteiger charge is -2.17. The molecule has 0 N–H and O–H groups in total. The van der Waals surface area contributed by atoms with E-state index < -0.39 is 0 Å². The first-order valence-corrected chi connectivity index (χ1v) is 20.9. The van der Waals surface area contributed by atoms with Crippen molar-refractivity contribution < 1.29 is 0 Å². The Kier molecular flexibility index (Phi) is 8.46. The van der Waals surface area contributed by atoms with Gasteiger partial charge in [0, 0.05) is 45.2 Å². The molecule has 288 valence electrons. The summed E-state index contributed by atoms with van der Waals surface area (Å²) in [6.07, 6.45) is 3.77. The Hall–Kier alpha value is -8.34. The zero-order valence-corrected chi connectivity index (χ0v) is 33.6. The first kappa shape index (κ1) is 35.6. The Morgan fingerprint density at radius 3 is 1.35 bits per heavy atom. The summed E-state index contributed by atoms with van der Waals surface area (Å²) < 4.78 is 0. The average Bonchev–Trinajstić information content (AvgIpc) is 3.35. The highest BCUT2D eigenvalue weighted by Gasteiger charge is 2.20. The van der Waals surface area contributed by atoms with Gasteiger partial charge in [-0.05, 0) is 96.9 Å². The lowest BCUT2D eigenvalue weighted by atomic mass is 9.89. The van der Waals surface area contributed by atoms with E-state index in [1.54, 1.807) is 0 Å². The number of aromatic nitrogens is 4. The molecular formula is C58H36N4. The third-order valence-electron chi connectivity index (χ3n) is 12.2. The molecule has 0 unspecified atom stereocenters. The van der Waals surface area contributed by atoms with Gasteiger partial charge in [0.2, 0.25) is 0 Å². The number of benzene rings is 9. The Labute approximate surface area is 358 Å². The molecular weight excluding hydrogens is 753 g/mol. The van der Waals surface area contributed by atoms with E-state index in [1.165, 1.54) is 27.1 Å². The maximum Gasteiger partial charge on any atom is 0.160 e. The Morgan fingerprint density at radius 1 is 0.274 bits per heavy atom. The van der Waals surface area contributed by atoms with Gasteiger partial charge in [0.15, 0.2) is 5.82 Å². The fraction of sp³-hybridized carbons (Fsp3) is 0. The van der Waals surface area contributed by atoms with Crippen LogP contribution in [0.15, 0.2) is 219 Å². The van der Waals surface area contributed by atoms with Gasteiger partial charge in [-0.25, -0.2) is 9.97 Å². The van der Waals surface area contributed by atoms with E-state index in [9.17, 15) is 0 Å². The van der Waals surface area contributed by atoms with Crippen molar-refractivity contribution in [3.8, 4) is 67.2 Å². The highest BCUT2D eigenvalue weighted by molar-refractivity contribution is 6.11. The standard InChI is InChI=1S/C58H36N4/c1-3-15-44-37(11-1)13-9-19-46(44)43-35-52(49-20-10-14-38-12-2-4-16-45(38)49)57-53(36-43)56(41-27-23-39(24-28-41)47-31-33-59-54-21-7-5-17-50(47)54)61-58(62-57)42-29-25-40(26-30-42)48-32-34-60-55-22-8-6-18-51(48)55/h1-36H. The summed E-state index contributed by atoms with van der Waals surface area (Å²) in [6, 6.07) is 73.3. The Balaban J connectivity index is 1.11. The van der Waals surface area contributed by atoms with Crippen molar-refractivity contribution in [3.63, 3.8) is 0 Å². The summed E-state index contributed by atoms with van der Waals surface area (Å²) in [6.45, 7) is 0. The Morgan fingerprint density at radius 2 is 0.742 bits per heavy atom. The Bertz CT molecular complexity index is 3670. The predicted octanol–water partition coefficient (Wildman–Crippen LogP) is 15.0. The quantitative estimate of drug-likeness (QED) is 0.168. The second kappa shape index (κ2) is 14.7. The van der Waals surface area contributed by atoms with Gasteiger partial charge in [0.05, 0.1) is 22.2 Å². The van der Waals surface area contributed by atoms with Gasteiger partial charge in [-0.1, -0.05) is 170 Å². The van der Waals surface area contributed by atoms with Crippen molar-refractivity contribution in [1.82, 2.24) is 19.9 Å². The lowest BCUT2D eigenvalue weighted by molar-refractivity contribution is 1.23. The summed E-state index contributed by atoms with van der Waals surface area (Å²) in [7, 11) is 0. The first-order valence-electron chi connectivity index (χ1n) is 20.9. The van der Waals surface area contributed by atoms with Crippen molar-refractivity contribution >= 4 is 54.3 Å².